The number of nitrogens with one attached hydrogen (secondary N) is 1. The Morgan fingerprint density at radius 1 is 1.30 bits per heavy atom. The highest BCUT2D eigenvalue weighted by Gasteiger charge is 2.21. The van der Waals surface area contributed by atoms with Crippen LogP contribution in [-0.4, -0.2) is 57.8 Å². The maximum atomic E-state index is 12.5. The van der Waals surface area contributed by atoms with Crippen molar-refractivity contribution in [3.05, 3.63) is 40.2 Å². The number of ether oxygens (including phenoxy) is 2. The molecule has 0 bridgehead atoms. The van der Waals surface area contributed by atoms with Crippen molar-refractivity contribution in [3.63, 3.8) is 0 Å². The Labute approximate surface area is 158 Å². The van der Waals surface area contributed by atoms with Crippen LogP contribution in [-0.2, 0) is 4.74 Å². The van der Waals surface area contributed by atoms with Crippen molar-refractivity contribution in [1.82, 2.24) is 10.2 Å². The molecule has 0 aliphatic carbocycles. The maximum absolute atomic E-state index is 12.5. The lowest BCUT2D eigenvalue weighted by atomic mass is 9.96. The van der Waals surface area contributed by atoms with Crippen LogP contribution in [0.25, 0.3) is 11.0 Å². The molecule has 0 atom stereocenters. The van der Waals surface area contributed by atoms with Crippen LogP contribution >= 0.6 is 0 Å². The summed E-state index contributed by atoms with van der Waals surface area (Å²) in [5.74, 6) is 0.493. The van der Waals surface area contributed by atoms with Gasteiger partial charge in [0.2, 0.25) is 0 Å². The molecule has 3 rings (SSSR count). The minimum Gasteiger partial charge on any atom is -0.493 e. The minimum absolute atomic E-state index is 0.0216. The van der Waals surface area contributed by atoms with E-state index in [0.29, 0.717) is 29.2 Å². The van der Waals surface area contributed by atoms with E-state index in [1.165, 1.54) is 7.11 Å². The third kappa shape index (κ3) is 4.67. The zero-order chi connectivity index (χ0) is 19.2. The molecule has 1 saturated heterocycles. The van der Waals surface area contributed by atoms with Gasteiger partial charge in [0.25, 0.3) is 5.91 Å². The van der Waals surface area contributed by atoms with Crippen molar-refractivity contribution in [2.75, 3.05) is 47.0 Å². The van der Waals surface area contributed by atoms with E-state index in [-0.39, 0.29) is 5.56 Å². The number of nitrogens with zero attached hydrogens (tertiary/aromatic N) is 1. The van der Waals surface area contributed by atoms with Crippen molar-refractivity contribution in [1.29, 1.82) is 0 Å². The van der Waals surface area contributed by atoms with E-state index >= 15 is 0 Å². The molecule has 2 heterocycles. The van der Waals surface area contributed by atoms with E-state index in [9.17, 15) is 9.59 Å². The highest BCUT2D eigenvalue weighted by Crippen LogP contribution is 2.24. The van der Waals surface area contributed by atoms with Crippen molar-refractivity contribution in [2.24, 2.45) is 5.92 Å². The summed E-state index contributed by atoms with van der Waals surface area (Å²) in [5, 5.41) is 3.55. The lowest BCUT2D eigenvalue weighted by Gasteiger charge is -2.31. The predicted molar refractivity (Wildman–Crippen MR) is 102 cm³/mol. The quantitative estimate of drug-likeness (QED) is 0.746. The summed E-state index contributed by atoms with van der Waals surface area (Å²) < 4.78 is 15.6. The smallest absolute Gasteiger partial charge is 0.349 e. The Morgan fingerprint density at radius 2 is 2.07 bits per heavy atom. The van der Waals surface area contributed by atoms with Crippen molar-refractivity contribution >= 4 is 16.9 Å². The maximum Gasteiger partial charge on any atom is 0.349 e. The molecule has 1 aliphatic rings. The zero-order valence-corrected chi connectivity index (χ0v) is 15.8. The summed E-state index contributed by atoms with van der Waals surface area (Å²) in [6.07, 6.45) is 2.04. The van der Waals surface area contributed by atoms with E-state index < -0.39 is 11.5 Å². The molecular weight excluding hydrogens is 348 g/mol. The fourth-order valence-electron chi connectivity index (χ4n) is 3.40. The second kappa shape index (κ2) is 9.01. The van der Waals surface area contributed by atoms with Gasteiger partial charge in [-0.2, -0.15) is 0 Å². The summed E-state index contributed by atoms with van der Waals surface area (Å²) in [6.45, 7) is 4.25. The predicted octanol–water partition coefficient (Wildman–Crippen LogP) is 1.89. The number of hydrogen-bond donors (Lipinski definition) is 1. The van der Waals surface area contributed by atoms with Gasteiger partial charge in [0.05, 0.1) is 13.7 Å². The van der Waals surface area contributed by atoms with Gasteiger partial charge in [0.1, 0.15) is 5.56 Å². The first-order valence-corrected chi connectivity index (χ1v) is 9.22. The molecule has 1 N–H and O–H groups in total. The van der Waals surface area contributed by atoms with Crippen LogP contribution in [0.15, 0.2) is 33.5 Å². The Morgan fingerprint density at radius 3 is 2.78 bits per heavy atom. The lowest BCUT2D eigenvalue weighted by molar-refractivity contribution is 0.0922. The number of piperidine rings is 1. The summed E-state index contributed by atoms with van der Waals surface area (Å²) in [5.41, 5.74) is -0.280. The molecule has 146 valence electrons. The number of amides is 1. The summed E-state index contributed by atoms with van der Waals surface area (Å²) in [6, 6.07) is 6.85. The van der Waals surface area contributed by atoms with Crippen LogP contribution in [0.3, 0.4) is 0 Å². The van der Waals surface area contributed by atoms with Gasteiger partial charge < -0.3 is 24.1 Å². The Hall–Kier alpha value is -2.38. The molecule has 0 saturated carbocycles. The van der Waals surface area contributed by atoms with Crippen LogP contribution in [0.5, 0.6) is 5.75 Å². The van der Waals surface area contributed by atoms with Crippen molar-refractivity contribution in [2.45, 2.75) is 12.8 Å². The van der Waals surface area contributed by atoms with Crippen molar-refractivity contribution in [3.8, 4) is 5.75 Å². The van der Waals surface area contributed by atoms with E-state index in [1.54, 1.807) is 31.4 Å². The van der Waals surface area contributed by atoms with Crippen LogP contribution in [0.4, 0.5) is 0 Å². The van der Waals surface area contributed by atoms with Crippen LogP contribution in [0.1, 0.15) is 23.2 Å². The topological polar surface area (TPSA) is 81.0 Å². The number of benzene rings is 1. The number of methoxy groups -OCH3 is 2. The lowest BCUT2D eigenvalue weighted by Crippen LogP contribution is -2.40. The summed E-state index contributed by atoms with van der Waals surface area (Å²) in [4.78, 5) is 27.1. The molecule has 27 heavy (non-hydrogen) atoms. The number of fused-ring (bicyclic) bond motifs is 1. The standard InChI is InChI=1S/C20H26N2O5/c1-25-11-10-22-8-6-14(7-9-22)13-21-19(23)16-12-15-4-3-5-17(26-2)18(15)27-20(16)24/h3-5,12,14H,6-11,13H2,1-2H3,(H,21,23). The normalized spacial score (nSPS) is 15.8. The third-order valence-electron chi connectivity index (χ3n) is 5.06. The molecule has 2 aromatic rings. The van der Waals surface area contributed by atoms with Crippen molar-refractivity contribution < 1.29 is 18.7 Å². The molecule has 1 aromatic carbocycles. The molecule has 0 unspecified atom stereocenters. The minimum atomic E-state index is -0.654. The largest absolute Gasteiger partial charge is 0.493 e. The Balaban J connectivity index is 1.60. The van der Waals surface area contributed by atoms with E-state index in [4.69, 9.17) is 13.9 Å². The van der Waals surface area contributed by atoms with Gasteiger partial charge in [0, 0.05) is 25.6 Å². The molecule has 7 heteroatoms. The SMILES string of the molecule is COCCN1CCC(CNC(=O)c2cc3cccc(OC)c3oc2=O)CC1. The molecule has 7 nitrogen and oxygen atoms in total. The second-order valence-corrected chi connectivity index (χ2v) is 6.81. The number of para-hydroxylation sites is 1. The first-order valence-electron chi connectivity index (χ1n) is 9.22. The van der Waals surface area contributed by atoms with E-state index in [0.717, 1.165) is 39.1 Å². The first-order chi connectivity index (χ1) is 13.1. The number of carbonyl (C=O) groups is 1. The molecule has 0 spiro atoms. The molecule has 1 fully saturated rings. The number of carbonyl (C=O) groups excluding carboxylic acids is 1. The van der Waals surface area contributed by atoms with Gasteiger partial charge in [-0.3, -0.25) is 4.79 Å². The van der Waals surface area contributed by atoms with Crippen LogP contribution in [0, 0.1) is 5.92 Å². The molecule has 0 radical (unpaired) electrons. The highest BCUT2D eigenvalue weighted by atomic mass is 16.5. The summed E-state index contributed by atoms with van der Waals surface area (Å²) >= 11 is 0. The van der Waals surface area contributed by atoms with E-state index in [2.05, 4.69) is 10.2 Å². The first kappa shape index (κ1) is 19.4. The van der Waals surface area contributed by atoms with E-state index in [1.807, 2.05) is 0 Å². The Bertz CT molecular complexity index is 840. The number of likely N-dealkylation sites (tertiary alicyclic amines) is 1. The highest BCUT2D eigenvalue weighted by molar-refractivity contribution is 5.97. The fraction of sp³-hybridized carbons (Fsp3) is 0.500. The fourth-order valence-corrected chi connectivity index (χ4v) is 3.40. The molecule has 1 aliphatic heterocycles. The molecular formula is C20H26N2O5. The van der Waals surface area contributed by atoms with Crippen LogP contribution < -0.4 is 15.7 Å². The number of rotatable bonds is 7. The van der Waals surface area contributed by atoms with Gasteiger partial charge >= 0.3 is 5.63 Å². The van der Waals surface area contributed by atoms with Gasteiger partial charge in [-0.1, -0.05) is 12.1 Å². The molecule has 1 aromatic heterocycles. The van der Waals surface area contributed by atoms with Crippen LogP contribution in [0.2, 0.25) is 0 Å². The van der Waals surface area contributed by atoms with Gasteiger partial charge in [-0.15, -0.1) is 0 Å². The Kier molecular flexibility index (Phi) is 6.47. The van der Waals surface area contributed by atoms with Gasteiger partial charge in [0.15, 0.2) is 11.3 Å². The molecule has 1 amide bonds. The average Bonchev–Trinajstić information content (AvgIpc) is 2.70. The second-order valence-electron chi connectivity index (χ2n) is 6.81. The van der Waals surface area contributed by atoms with Gasteiger partial charge in [-0.25, -0.2) is 4.79 Å². The third-order valence-corrected chi connectivity index (χ3v) is 5.06. The van der Waals surface area contributed by atoms with Gasteiger partial charge in [-0.05, 0) is 44.0 Å². The average molecular weight is 374 g/mol. The number of hydrogen-bond acceptors (Lipinski definition) is 6. The monoisotopic (exact) mass is 374 g/mol. The zero-order valence-electron chi connectivity index (χ0n) is 15.8. The summed E-state index contributed by atoms with van der Waals surface area (Å²) in [7, 11) is 3.22.